The molecular formula is C15H14Cl2N2O2. The fourth-order valence-corrected chi connectivity index (χ4v) is 2.09. The zero-order valence-electron chi connectivity index (χ0n) is 11.1. The molecule has 0 aliphatic heterocycles. The highest BCUT2D eigenvalue weighted by Crippen LogP contribution is 2.31. The number of nitrogens with two attached hydrogens (primary N) is 1. The molecule has 0 spiro atoms. The van der Waals surface area contributed by atoms with Gasteiger partial charge in [0.15, 0.2) is 0 Å². The minimum Gasteiger partial charge on any atom is -0.487 e. The molecule has 0 fully saturated rings. The lowest BCUT2D eigenvalue weighted by Crippen LogP contribution is -2.31. The number of hydrogen-bond acceptors (Lipinski definition) is 3. The van der Waals surface area contributed by atoms with Crippen molar-refractivity contribution in [2.45, 2.75) is 13.0 Å². The van der Waals surface area contributed by atoms with Crippen LogP contribution in [0.25, 0.3) is 0 Å². The largest absolute Gasteiger partial charge is 0.487 e. The molecule has 1 amide bonds. The van der Waals surface area contributed by atoms with Crippen molar-refractivity contribution >= 4 is 29.1 Å². The quantitative estimate of drug-likeness (QED) is 0.504. The van der Waals surface area contributed by atoms with Crippen LogP contribution in [-0.4, -0.2) is 5.91 Å². The number of halogens is 2. The maximum Gasteiger partial charge on any atom is 0.238 e. The standard InChI is InChI=1S/C15H14Cl2N2O2/c16-12-2-1-3-13(15(12)17)21-9-11-6-4-10(5-7-11)8-14(20)19-18/h1-7H,8-9,18H2,(H,19,20). The Balaban J connectivity index is 1.97. The van der Waals surface area contributed by atoms with Gasteiger partial charge in [0.05, 0.1) is 11.4 Å². The van der Waals surface area contributed by atoms with Crippen LogP contribution in [0.15, 0.2) is 42.5 Å². The third-order valence-electron chi connectivity index (χ3n) is 2.86. The summed E-state index contributed by atoms with van der Waals surface area (Å²) < 4.78 is 5.63. The molecule has 0 aliphatic rings. The smallest absolute Gasteiger partial charge is 0.238 e. The maximum absolute atomic E-state index is 11.2. The van der Waals surface area contributed by atoms with Gasteiger partial charge in [0.25, 0.3) is 0 Å². The Kier molecular flexibility index (Phi) is 5.44. The summed E-state index contributed by atoms with van der Waals surface area (Å²) in [4.78, 5) is 11.2. The van der Waals surface area contributed by atoms with Crippen molar-refractivity contribution in [1.82, 2.24) is 5.43 Å². The number of rotatable bonds is 5. The molecule has 4 nitrogen and oxygen atoms in total. The van der Waals surface area contributed by atoms with E-state index in [1.54, 1.807) is 18.2 Å². The van der Waals surface area contributed by atoms with Crippen molar-refractivity contribution in [2.75, 3.05) is 0 Å². The summed E-state index contributed by atoms with van der Waals surface area (Å²) in [7, 11) is 0. The first-order chi connectivity index (χ1) is 10.1. The van der Waals surface area contributed by atoms with E-state index < -0.39 is 0 Å². The molecule has 2 aromatic carbocycles. The van der Waals surface area contributed by atoms with Crippen molar-refractivity contribution in [2.24, 2.45) is 5.84 Å². The van der Waals surface area contributed by atoms with E-state index in [0.717, 1.165) is 11.1 Å². The molecule has 110 valence electrons. The van der Waals surface area contributed by atoms with Gasteiger partial charge in [-0.05, 0) is 23.3 Å². The summed E-state index contributed by atoms with van der Waals surface area (Å²) in [6.07, 6.45) is 0.248. The van der Waals surface area contributed by atoms with E-state index >= 15 is 0 Å². The van der Waals surface area contributed by atoms with Crippen LogP contribution in [0.5, 0.6) is 5.75 Å². The monoisotopic (exact) mass is 324 g/mol. The Morgan fingerprint density at radius 2 is 1.76 bits per heavy atom. The minimum absolute atomic E-state index is 0.232. The summed E-state index contributed by atoms with van der Waals surface area (Å²) in [5.41, 5.74) is 3.93. The molecule has 0 atom stereocenters. The van der Waals surface area contributed by atoms with Gasteiger partial charge in [-0.3, -0.25) is 10.2 Å². The fourth-order valence-electron chi connectivity index (χ4n) is 1.75. The lowest BCUT2D eigenvalue weighted by molar-refractivity contribution is -0.120. The number of amides is 1. The van der Waals surface area contributed by atoms with Crippen molar-refractivity contribution in [1.29, 1.82) is 0 Å². The van der Waals surface area contributed by atoms with Gasteiger partial charge >= 0.3 is 0 Å². The molecule has 0 saturated carbocycles. The number of hydrazine groups is 1. The van der Waals surface area contributed by atoms with E-state index in [4.69, 9.17) is 33.8 Å². The lowest BCUT2D eigenvalue weighted by atomic mass is 10.1. The summed E-state index contributed by atoms with van der Waals surface area (Å²) in [6.45, 7) is 0.365. The van der Waals surface area contributed by atoms with Gasteiger partial charge in [-0.1, -0.05) is 53.5 Å². The highest BCUT2D eigenvalue weighted by atomic mass is 35.5. The van der Waals surface area contributed by atoms with E-state index in [0.29, 0.717) is 22.4 Å². The Labute approximate surface area is 132 Å². The van der Waals surface area contributed by atoms with Gasteiger partial charge in [0.2, 0.25) is 5.91 Å². The molecule has 0 radical (unpaired) electrons. The number of benzene rings is 2. The molecule has 3 N–H and O–H groups in total. The highest BCUT2D eigenvalue weighted by molar-refractivity contribution is 6.42. The van der Waals surface area contributed by atoms with E-state index in [-0.39, 0.29) is 12.3 Å². The third kappa shape index (κ3) is 4.36. The van der Waals surface area contributed by atoms with E-state index in [1.807, 2.05) is 24.3 Å². The van der Waals surface area contributed by atoms with Crippen LogP contribution < -0.4 is 16.0 Å². The number of ether oxygens (including phenoxy) is 1. The summed E-state index contributed by atoms with van der Waals surface area (Å²) in [5.74, 6) is 5.35. The van der Waals surface area contributed by atoms with Crippen molar-refractivity contribution in [3.8, 4) is 5.75 Å². The van der Waals surface area contributed by atoms with Crippen LogP contribution in [0.1, 0.15) is 11.1 Å². The topological polar surface area (TPSA) is 64.3 Å². The first-order valence-corrected chi connectivity index (χ1v) is 7.00. The molecule has 0 aliphatic carbocycles. The summed E-state index contributed by atoms with van der Waals surface area (Å²) >= 11 is 12.0. The predicted octanol–water partition coefficient (Wildman–Crippen LogP) is 3.10. The second-order valence-corrected chi connectivity index (χ2v) is 5.19. The Morgan fingerprint density at radius 3 is 2.43 bits per heavy atom. The SMILES string of the molecule is NNC(=O)Cc1ccc(COc2cccc(Cl)c2Cl)cc1. The van der Waals surface area contributed by atoms with Crippen LogP contribution in [0.4, 0.5) is 0 Å². The molecule has 0 saturated heterocycles. The average molecular weight is 325 g/mol. The van der Waals surface area contributed by atoms with Crippen LogP contribution >= 0.6 is 23.2 Å². The Morgan fingerprint density at radius 1 is 1.10 bits per heavy atom. The number of hydrogen-bond donors (Lipinski definition) is 2. The molecule has 2 aromatic rings. The predicted molar refractivity (Wildman–Crippen MR) is 83.3 cm³/mol. The molecule has 0 heterocycles. The van der Waals surface area contributed by atoms with Gasteiger partial charge in [-0.25, -0.2) is 5.84 Å². The van der Waals surface area contributed by atoms with Crippen LogP contribution in [0.2, 0.25) is 10.0 Å². The molecular weight excluding hydrogens is 311 g/mol. The number of carbonyl (C=O) groups is 1. The minimum atomic E-state index is -0.232. The van der Waals surface area contributed by atoms with Crippen LogP contribution in [-0.2, 0) is 17.8 Å². The molecule has 0 unspecified atom stereocenters. The first kappa shape index (κ1) is 15.6. The normalized spacial score (nSPS) is 10.2. The highest BCUT2D eigenvalue weighted by Gasteiger charge is 2.06. The molecule has 2 rings (SSSR count). The van der Waals surface area contributed by atoms with Crippen LogP contribution in [0.3, 0.4) is 0 Å². The van der Waals surface area contributed by atoms with Gasteiger partial charge in [-0.15, -0.1) is 0 Å². The van der Waals surface area contributed by atoms with Gasteiger partial charge in [0.1, 0.15) is 17.4 Å². The van der Waals surface area contributed by atoms with Crippen molar-refractivity contribution in [3.05, 3.63) is 63.6 Å². The molecule has 6 heteroatoms. The number of nitrogens with one attached hydrogen (secondary N) is 1. The summed E-state index contributed by atoms with van der Waals surface area (Å²) in [5, 5.41) is 0.854. The first-order valence-electron chi connectivity index (χ1n) is 6.24. The van der Waals surface area contributed by atoms with Gasteiger partial charge in [0, 0.05) is 0 Å². The zero-order chi connectivity index (χ0) is 15.2. The maximum atomic E-state index is 11.2. The molecule has 0 aromatic heterocycles. The second kappa shape index (κ2) is 7.31. The molecule has 0 bridgehead atoms. The molecule has 21 heavy (non-hydrogen) atoms. The van der Waals surface area contributed by atoms with Gasteiger partial charge < -0.3 is 4.74 Å². The zero-order valence-corrected chi connectivity index (χ0v) is 12.6. The lowest BCUT2D eigenvalue weighted by Gasteiger charge is -2.09. The van der Waals surface area contributed by atoms with Crippen LogP contribution in [0, 0.1) is 0 Å². The Hall–Kier alpha value is -1.75. The van der Waals surface area contributed by atoms with Crippen molar-refractivity contribution < 1.29 is 9.53 Å². The third-order valence-corrected chi connectivity index (χ3v) is 3.66. The van der Waals surface area contributed by atoms with Gasteiger partial charge in [-0.2, -0.15) is 0 Å². The summed E-state index contributed by atoms with van der Waals surface area (Å²) in [6, 6.07) is 12.7. The van der Waals surface area contributed by atoms with E-state index in [9.17, 15) is 4.79 Å². The Bertz CT molecular complexity index is 630. The second-order valence-electron chi connectivity index (χ2n) is 4.40. The van der Waals surface area contributed by atoms with E-state index in [1.165, 1.54) is 0 Å². The van der Waals surface area contributed by atoms with Crippen molar-refractivity contribution in [3.63, 3.8) is 0 Å². The van der Waals surface area contributed by atoms with E-state index in [2.05, 4.69) is 5.43 Å². The fraction of sp³-hybridized carbons (Fsp3) is 0.133. The average Bonchev–Trinajstić information content (AvgIpc) is 2.50. The number of carbonyl (C=O) groups excluding carboxylic acids is 1.